The van der Waals surface area contributed by atoms with Crippen LogP contribution in [0.25, 0.3) is 0 Å². The monoisotopic (exact) mass is 321 g/mol. The SMILES string of the molecule is C=CC[C@@H]1[C@@H]([C@@H](C)O[Si](C)(C)C(C)(C)C)C(=O)N1CC#CC. The van der Waals surface area contributed by atoms with E-state index < -0.39 is 8.32 Å². The van der Waals surface area contributed by atoms with Gasteiger partial charge >= 0.3 is 0 Å². The molecule has 124 valence electrons. The van der Waals surface area contributed by atoms with E-state index in [2.05, 4.69) is 52.3 Å². The number of rotatable bonds is 6. The summed E-state index contributed by atoms with van der Waals surface area (Å²) in [6, 6.07) is 0.172. The first-order valence-corrected chi connectivity index (χ1v) is 11.0. The zero-order chi connectivity index (χ0) is 17.1. The first-order chi connectivity index (χ1) is 10.1. The van der Waals surface area contributed by atoms with E-state index in [1.165, 1.54) is 0 Å². The van der Waals surface area contributed by atoms with Crippen LogP contribution in [0, 0.1) is 17.8 Å². The van der Waals surface area contributed by atoms with Gasteiger partial charge in [-0.1, -0.05) is 32.8 Å². The van der Waals surface area contributed by atoms with Crippen LogP contribution in [-0.2, 0) is 9.22 Å². The largest absolute Gasteiger partial charge is 0.413 e. The lowest BCUT2D eigenvalue weighted by molar-refractivity contribution is -0.161. The number of likely N-dealkylation sites (tertiary alicyclic amines) is 1. The van der Waals surface area contributed by atoms with Crippen molar-refractivity contribution in [1.82, 2.24) is 4.90 Å². The van der Waals surface area contributed by atoms with Crippen molar-refractivity contribution in [2.24, 2.45) is 5.92 Å². The van der Waals surface area contributed by atoms with Crippen LogP contribution in [0.3, 0.4) is 0 Å². The smallest absolute Gasteiger partial charge is 0.231 e. The molecule has 1 rings (SSSR count). The number of carbonyl (C=O) groups is 1. The minimum atomic E-state index is -1.87. The molecule has 1 amide bonds. The standard InChI is InChI=1S/C18H31NO2Si/c1-9-11-13-19-15(12-10-2)16(17(19)20)14(3)21-22(7,8)18(4,5)6/h10,14-16H,2,12-13H2,1,3-8H3/t14-,15-,16-/m1/s1. The number of carbonyl (C=O) groups excluding carboxylic acids is 1. The van der Waals surface area contributed by atoms with Crippen molar-refractivity contribution >= 4 is 14.2 Å². The quantitative estimate of drug-likeness (QED) is 0.322. The molecule has 0 N–H and O–H groups in total. The zero-order valence-electron chi connectivity index (χ0n) is 15.2. The maximum Gasteiger partial charge on any atom is 0.231 e. The van der Waals surface area contributed by atoms with E-state index in [0.29, 0.717) is 6.54 Å². The van der Waals surface area contributed by atoms with Gasteiger partial charge in [0.1, 0.15) is 0 Å². The minimum absolute atomic E-state index is 0.0517. The first-order valence-electron chi connectivity index (χ1n) is 8.05. The van der Waals surface area contributed by atoms with E-state index in [-0.39, 0.29) is 29.0 Å². The molecule has 0 spiro atoms. The molecule has 1 aliphatic heterocycles. The van der Waals surface area contributed by atoms with Crippen LogP contribution in [0.4, 0.5) is 0 Å². The van der Waals surface area contributed by atoms with E-state index >= 15 is 0 Å². The summed E-state index contributed by atoms with van der Waals surface area (Å²) in [6.45, 7) is 19.3. The zero-order valence-corrected chi connectivity index (χ0v) is 16.2. The van der Waals surface area contributed by atoms with Crippen LogP contribution < -0.4 is 0 Å². The first kappa shape index (κ1) is 19.0. The Morgan fingerprint density at radius 1 is 1.45 bits per heavy atom. The maximum atomic E-state index is 12.5. The van der Waals surface area contributed by atoms with Gasteiger partial charge < -0.3 is 9.33 Å². The topological polar surface area (TPSA) is 29.5 Å². The molecule has 0 bridgehead atoms. The Hall–Kier alpha value is -1.05. The predicted octanol–water partition coefficient (Wildman–Crippen LogP) is 3.82. The number of β-lactam (4-membered cyclic amide) rings is 1. The molecule has 1 saturated heterocycles. The average molecular weight is 322 g/mol. The molecule has 0 aliphatic carbocycles. The third-order valence-corrected chi connectivity index (χ3v) is 9.58. The summed E-state index contributed by atoms with van der Waals surface area (Å²) in [5, 5.41) is 0.148. The van der Waals surface area contributed by atoms with Crippen LogP contribution in [0.1, 0.15) is 41.0 Å². The maximum absolute atomic E-state index is 12.5. The third kappa shape index (κ3) is 3.82. The second-order valence-corrected chi connectivity index (χ2v) is 12.4. The van der Waals surface area contributed by atoms with Gasteiger partial charge in [0.05, 0.1) is 24.6 Å². The molecule has 1 heterocycles. The summed E-state index contributed by atoms with van der Waals surface area (Å²) in [5.41, 5.74) is 0. The van der Waals surface area contributed by atoms with Gasteiger partial charge in [0.15, 0.2) is 8.32 Å². The van der Waals surface area contributed by atoms with Gasteiger partial charge in [0.2, 0.25) is 5.91 Å². The van der Waals surface area contributed by atoms with Crippen molar-refractivity contribution in [1.29, 1.82) is 0 Å². The third-order valence-electron chi connectivity index (χ3n) is 5.01. The van der Waals surface area contributed by atoms with Gasteiger partial charge in [-0.2, -0.15) is 0 Å². The van der Waals surface area contributed by atoms with Gasteiger partial charge in [-0.25, -0.2) is 0 Å². The summed E-state index contributed by atoms with van der Waals surface area (Å²) in [7, 11) is -1.87. The Labute approximate surface area is 137 Å². The van der Waals surface area contributed by atoms with Crippen molar-refractivity contribution in [2.75, 3.05) is 6.54 Å². The van der Waals surface area contributed by atoms with Crippen LogP contribution in [0.2, 0.25) is 18.1 Å². The molecule has 0 saturated carbocycles. The van der Waals surface area contributed by atoms with Gasteiger partial charge in [-0.05, 0) is 38.4 Å². The summed E-state index contributed by atoms with van der Waals surface area (Å²) in [4.78, 5) is 14.3. The van der Waals surface area contributed by atoms with Gasteiger partial charge in [0, 0.05) is 0 Å². The number of hydrogen-bond donors (Lipinski definition) is 0. The fourth-order valence-electron chi connectivity index (χ4n) is 2.66. The van der Waals surface area contributed by atoms with E-state index in [0.717, 1.165) is 6.42 Å². The fraction of sp³-hybridized carbons (Fsp3) is 0.722. The van der Waals surface area contributed by atoms with Gasteiger partial charge in [-0.15, -0.1) is 12.5 Å². The van der Waals surface area contributed by atoms with Crippen molar-refractivity contribution in [2.45, 2.75) is 71.3 Å². The van der Waals surface area contributed by atoms with Crippen molar-refractivity contribution in [3.63, 3.8) is 0 Å². The van der Waals surface area contributed by atoms with Crippen LogP contribution in [0.5, 0.6) is 0 Å². The molecule has 0 aromatic heterocycles. The second-order valence-electron chi connectivity index (χ2n) is 7.59. The Kier molecular flexibility index (Phi) is 6.06. The van der Waals surface area contributed by atoms with Crippen molar-refractivity contribution in [3.05, 3.63) is 12.7 Å². The Balaban J connectivity index is 2.83. The second kappa shape index (κ2) is 7.02. The fourth-order valence-corrected chi connectivity index (χ4v) is 4.09. The normalized spacial score (nSPS) is 23.4. The minimum Gasteiger partial charge on any atom is -0.413 e. The molecule has 0 unspecified atom stereocenters. The molecule has 0 aromatic rings. The van der Waals surface area contributed by atoms with Gasteiger partial charge in [-0.3, -0.25) is 4.79 Å². The van der Waals surface area contributed by atoms with Crippen LogP contribution in [0.15, 0.2) is 12.7 Å². The summed E-state index contributed by atoms with van der Waals surface area (Å²) in [5.74, 6) is 5.95. The molecular weight excluding hydrogens is 290 g/mol. The number of nitrogens with zero attached hydrogens (tertiary/aromatic N) is 1. The Morgan fingerprint density at radius 3 is 2.50 bits per heavy atom. The molecule has 3 nitrogen and oxygen atoms in total. The highest BCUT2D eigenvalue weighted by molar-refractivity contribution is 6.74. The molecule has 1 aliphatic rings. The lowest BCUT2D eigenvalue weighted by Crippen LogP contribution is -2.65. The lowest BCUT2D eigenvalue weighted by atomic mass is 9.81. The summed E-state index contributed by atoms with van der Waals surface area (Å²) >= 11 is 0. The summed E-state index contributed by atoms with van der Waals surface area (Å²) in [6.07, 6.45) is 2.63. The Morgan fingerprint density at radius 2 is 2.05 bits per heavy atom. The average Bonchev–Trinajstić information content (AvgIpc) is 2.36. The van der Waals surface area contributed by atoms with E-state index in [4.69, 9.17) is 4.43 Å². The van der Waals surface area contributed by atoms with Crippen molar-refractivity contribution < 1.29 is 9.22 Å². The Bertz CT molecular complexity index is 482. The van der Waals surface area contributed by atoms with Crippen LogP contribution in [-0.4, -0.2) is 37.8 Å². The molecule has 0 aromatic carbocycles. The highest BCUT2D eigenvalue weighted by Gasteiger charge is 2.51. The van der Waals surface area contributed by atoms with E-state index in [1.54, 1.807) is 6.92 Å². The number of hydrogen-bond acceptors (Lipinski definition) is 2. The highest BCUT2D eigenvalue weighted by atomic mass is 28.4. The molecular formula is C18H31NO2Si. The molecule has 3 atom stereocenters. The van der Waals surface area contributed by atoms with Crippen LogP contribution >= 0.6 is 0 Å². The van der Waals surface area contributed by atoms with Gasteiger partial charge in [0.25, 0.3) is 0 Å². The molecule has 1 fully saturated rings. The lowest BCUT2D eigenvalue weighted by Gasteiger charge is -2.50. The number of amides is 1. The molecule has 4 heteroatoms. The molecule has 22 heavy (non-hydrogen) atoms. The molecule has 0 radical (unpaired) electrons. The predicted molar refractivity (Wildman–Crippen MR) is 95.0 cm³/mol. The highest BCUT2D eigenvalue weighted by Crippen LogP contribution is 2.40. The van der Waals surface area contributed by atoms with Crippen molar-refractivity contribution in [3.8, 4) is 11.8 Å². The van der Waals surface area contributed by atoms with E-state index in [9.17, 15) is 4.79 Å². The summed E-state index contributed by atoms with van der Waals surface area (Å²) < 4.78 is 6.43. The van der Waals surface area contributed by atoms with E-state index in [1.807, 2.05) is 17.9 Å².